The number of aryl methyl sites for hydroxylation is 1. The molecule has 0 aliphatic rings. The SMILES string of the molecule is C=CCC(N)c1snnc1CCC. The third-order valence-electron chi connectivity index (χ3n) is 1.83. The van der Waals surface area contributed by atoms with Crippen molar-refractivity contribution in [1.82, 2.24) is 9.59 Å². The molecule has 0 aliphatic heterocycles. The van der Waals surface area contributed by atoms with Crippen LogP contribution in [0.1, 0.15) is 36.4 Å². The zero-order valence-electron chi connectivity index (χ0n) is 7.86. The minimum Gasteiger partial charge on any atom is -0.323 e. The molecule has 0 aromatic carbocycles. The van der Waals surface area contributed by atoms with Crippen molar-refractivity contribution >= 4 is 11.5 Å². The van der Waals surface area contributed by atoms with Gasteiger partial charge in [0.05, 0.1) is 10.6 Å². The average molecular weight is 197 g/mol. The maximum Gasteiger partial charge on any atom is 0.0803 e. The van der Waals surface area contributed by atoms with Crippen LogP contribution in [0.2, 0.25) is 0 Å². The van der Waals surface area contributed by atoms with Gasteiger partial charge in [0.1, 0.15) is 0 Å². The van der Waals surface area contributed by atoms with Crippen molar-refractivity contribution in [3.05, 3.63) is 23.2 Å². The molecule has 0 spiro atoms. The standard InChI is InChI=1S/C9H15N3S/c1-3-5-7(10)9-8(6-4-2)11-12-13-9/h3,7H,1,4-6,10H2,2H3. The van der Waals surface area contributed by atoms with Gasteiger partial charge >= 0.3 is 0 Å². The molecule has 0 aliphatic carbocycles. The second kappa shape index (κ2) is 5.09. The summed E-state index contributed by atoms with van der Waals surface area (Å²) in [6, 6.07) is 0.0269. The lowest BCUT2D eigenvalue weighted by Crippen LogP contribution is -2.09. The third-order valence-corrected chi connectivity index (χ3v) is 2.73. The quantitative estimate of drug-likeness (QED) is 0.735. The van der Waals surface area contributed by atoms with E-state index in [0.717, 1.165) is 29.8 Å². The van der Waals surface area contributed by atoms with Gasteiger partial charge in [-0.15, -0.1) is 11.7 Å². The fraction of sp³-hybridized carbons (Fsp3) is 0.556. The number of hydrogen-bond acceptors (Lipinski definition) is 4. The van der Waals surface area contributed by atoms with E-state index < -0.39 is 0 Å². The van der Waals surface area contributed by atoms with E-state index in [2.05, 4.69) is 23.1 Å². The largest absolute Gasteiger partial charge is 0.323 e. The van der Waals surface area contributed by atoms with Crippen LogP contribution in [0.5, 0.6) is 0 Å². The van der Waals surface area contributed by atoms with Gasteiger partial charge in [0, 0.05) is 6.04 Å². The monoisotopic (exact) mass is 197 g/mol. The molecule has 0 saturated heterocycles. The second-order valence-corrected chi connectivity index (χ2v) is 3.75. The van der Waals surface area contributed by atoms with Crippen LogP contribution >= 0.6 is 11.5 Å². The minimum atomic E-state index is 0.0269. The zero-order chi connectivity index (χ0) is 9.68. The van der Waals surface area contributed by atoms with E-state index in [-0.39, 0.29) is 6.04 Å². The van der Waals surface area contributed by atoms with Gasteiger partial charge in [0.25, 0.3) is 0 Å². The summed E-state index contributed by atoms with van der Waals surface area (Å²) in [4.78, 5) is 1.11. The third kappa shape index (κ3) is 2.60. The molecule has 1 aromatic heterocycles. The van der Waals surface area contributed by atoms with Gasteiger partial charge in [-0.1, -0.05) is 23.9 Å². The molecule has 0 fully saturated rings. The van der Waals surface area contributed by atoms with Crippen LogP contribution in [0.15, 0.2) is 12.7 Å². The maximum atomic E-state index is 5.94. The molecule has 1 heterocycles. The molecule has 2 N–H and O–H groups in total. The van der Waals surface area contributed by atoms with E-state index in [9.17, 15) is 0 Å². The average Bonchev–Trinajstić information content (AvgIpc) is 2.54. The Kier molecular flexibility index (Phi) is 4.05. The van der Waals surface area contributed by atoms with Gasteiger partial charge < -0.3 is 5.73 Å². The molecule has 13 heavy (non-hydrogen) atoms. The number of nitrogens with zero attached hydrogens (tertiary/aromatic N) is 2. The van der Waals surface area contributed by atoms with Gasteiger partial charge in [0.2, 0.25) is 0 Å². The number of nitrogens with two attached hydrogens (primary N) is 1. The predicted octanol–water partition coefficient (Wildman–Crippen LogP) is 2.07. The fourth-order valence-corrected chi connectivity index (χ4v) is 1.90. The first-order valence-electron chi connectivity index (χ1n) is 4.47. The van der Waals surface area contributed by atoms with Crippen LogP contribution < -0.4 is 5.73 Å². The predicted molar refractivity (Wildman–Crippen MR) is 55.6 cm³/mol. The molecule has 0 bridgehead atoms. The van der Waals surface area contributed by atoms with E-state index in [0.29, 0.717) is 0 Å². The van der Waals surface area contributed by atoms with E-state index in [1.54, 1.807) is 0 Å². The molecule has 3 nitrogen and oxygen atoms in total. The molecule has 72 valence electrons. The molecular weight excluding hydrogens is 182 g/mol. The van der Waals surface area contributed by atoms with Crippen molar-refractivity contribution in [3.8, 4) is 0 Å². The van der Waals surface area contributed by atoms with Crippen molar-refractivity contribution in [2.24, 2.45) is 5.73 Å². The van der Waals surface area contributed by atoms with Crippen molar-refractivity contribution in [1.29, 1.82) is 0 Å². The van der Waals surface area contributed by atoms with Crippen molar-refractivity contribution in [2.45, 2.75) is 32.2 Å². The lowest BCUT2D eigenvalue weighted by Gasteiger charge is -2.06. The summed E-state index contributed by atoms with van der Waals surface area (Å²) in [7, 11) is 0. The zero-order valence-corrected chi connectivity index (χ0v) is 8.68. The highest BCUT2D eigenvalue weighted by molar-refractivity contribution is 7.05. The normalized spacial score (nSPS) is 12.8. The number of aromatic nitrogens is 2. The molecule has 0 radical (unpaired) electrons. The van der Waals surface area contributed by atoms with E-state index in [1.165, 1.54) is 11.5 Å². The molecule has 0 saturated carbocycles. The van der Waals surface area contributed by atoms with Gasteiger partial charge in [0.15, 0.2) is 0 Å². The topological polar surface area (TPSA) is 51.8 Å². The Hall–Kier alpha value is -0.740. The molecular formula is C9H15N3S. The second-order valence-electron chi connectivity index (χ2n) is 2.96. The van der Waals surface area contributed by atoms with Gasteiger partial charge in [-0.05, 0) is 24.4 Å². The first-order valence-corrected chi connectivity index (χ1v) is 5.24. The Balaban J connectivity index is 2.73. The highest BCUT2D eigenvalue weighted by Gasteiger charge is 2.13. The van der Waals surface area contributed by atoms with Crippen molar-refractivity contribution < 1.29 is 0 Å². The first kappa shape index (κ1) is 10.3. The molecule has 1 aromatic rings. The molecule has 4 heteroatoms. The summed E-state index contributed by atoms with van der Waals surface area (Å²) in [5, 5.41) is 4.06. The Morgan fingerprint density at radius 2 is 2.46 bits per heavy atom. The lowest BCUT2D eigenvalue weighted by molar-refractivity contribution is 0.731. The molecule has 1 rings (SSSR count). The van der Waals surface area contributed by atoms with Crippen LogP contribution in [0.25, 0.3) is 0 Å². The van der Waals surface area contributed by atoms with Crippen LogP contribution in [-0.4, -0.2) is 9.59 Å². The summed E-state index contributed by atoms with van der Waals surface area (Å²) in [5.41, 5.74) is 7.00. The van der Waals surface area contributed by atoms with E-state index in [4.69, 9.17) is 5.73 Å². The van der Waals surface area contributed by atoms with Crippen molar-refractivity contribution in [3.63, 3.8) is 0 Å². The van der Waals surface area contributed by atoms with Gasteiger partial charge in [-0.2, -0.15) is 0 Å². The van der Waals surface area contributed by atoms with E-state index in [1.807, 2.05) is 6.08 Å². The highest BCUT2D eigenvalue weighted by atomic mass is 32.1. The Morgan fingerprint density at radius 1 is 1.69 bits per heavy atom. The van der Waals surface area contributed by atoms with Crippen LogP contribution in [0.4, 0.5) is 0 Å². The van der Waals surface area contributed by atoms with Crippen LogP contribution in [0, 0.1) is 0 Å². The van der Waals surface area contributed by atoms with Gasteiger partial charge in [-0.25, -0.2) is 0 Å². The highest BCUT2D eigenvalue weighted by Crippen LogP contribution is 2.22. The first-order chi connectivity index (χ1) is 6.29. The summed E-state index contributed by atoms with van der Waals surface area (Å²) in [6.07, 6.45) is 4.68. The number of hydrogen-bond donors (Lipinski definition) is 1. The smallest absolute Gasteiger partial charge is 0.0803 e. The molecule has 0 amide bonds. The van der Waals surface area contributed by atoms with Crippen LogP contribution in [0.3, 0.4) is 0 Å². The summed E-state index contributed by atoms with van der Waals surface area (Å²) in [5.74, 6) is 0. The summed E-state index contributed by atoms with van der Waals surface area (Å²) in [6.45, 7) is 5.80. The molecule has 1 atom stereocenters. The minimum absolute atomic E-state index is 0.0269. The Labute approximate surface area is 82.8 Å². The van der Waals surface area contributed by atoms with Gasteiger partial charge in [-0.3, -0.25) is 0 Å². The number of rotatable bonds is 5. The Bertz CT molecular complexity index is 270. The Morgan fingerprint density at radius 3 is 3.08 bits per heavy atom. The maximum absolute atomic E-state index is 5.94. The van der Waals surface area contributed by atoms with Crippen LogP contribution in [-0.2, 0) is 6.42 Å². The fourth-order valence-electron chi connectivity index (χ4n) is 1.19. The summed E-state index contributed by atoms with van der Waals surface area (Å²) >= 11 is 1.40. The van der Waals surface area contributed by atoms with E-state index >= 15 is 0 Å². The molecule has 1 unspecified atom stereocenters. The van der Waals surface area contributed by atoms with Crippen molar-refractivity contribution in [2.75, 3.05) is 0 Å². The lowest BCUT2D eigenvalue weighted by atomic mass is 10.1. The summed E-state index contributed by atoms with van der Waals surface area (Å²) < 4.78 is 3.92.